The lowest BCUT2D eigenvalue weighted by Gasteiger charge is -2.22. The van der Waals surface area contributed by atoms with E-state index in [9.17, 15) is 0 Å². The number of hydrogen-bond donors (Lipinski definition) is 1. The van der Waals surface area contributed by atoms with Gasteiger partial charge in [-0.05, 0) is 12.8 Å². The fourth-order valence-corrected chi connectivity index (χ4v) is 3.29. The third kappa shape index (κ3) is 2.01. The molecule has 3 heteroatoms. The molecule has 0 amide bonds. The fourth-order valence-electron chi connectivity index (χ4n) is 2.16. The average Bonchev–Trinajstić information content (AvgIpc) is 2.72. The Bertz CT molecular complexity index is 500. The van der Waals surface area contributed by atoms with Crippen molar-refractivity contribution >= 4 is 11.3 Å². The van der Waals surface area contributed by atoms with Gasteiger partial charge in [-0.2, -0.15) is 0 Å². The number of benzene rings is 1. The Kier molecular flexibility index (Phi) is 2.95. The summed E-state index contributed by atoms with van der Waals surface area (Å²) in [4.78, 5) is 6.03. The first-order valence-corrected chi connectivity index (χ1v) is 6.95. The van der Waals surface area contributed by atoms with Gasteiger partial charge in [-0.15, -0.1) is 11.3 Å². The molecule has 2 aromatic rings. The van der Waals surface area contributed by atoms with Gasteiger partial charge in [0.1, 0.15) is 0 Å². The van der Waals surface area contributed by atoms with Gasteiger partial charge in [0.15, 0.2) is 0 Å². The summed E-state index contributed by atoms with van der Waals surface area (Å²) in [6.45, 7) is 0.592. The van der Waals surface area contributed by atoms with Crippen LogP contribution < -0.4 is 5.73 Å². The fraction of sp³-hybridized carbons (Fsp3) is 0.357. The summed E-state index contributed by atoms with van der Waals surface area (Å²) in [5.74, 6) is 0.697. The first kappa shape index (κ1) is 10.9. The predicted molar refractivity (Wildman–Crippen MR) is 72.0 cm³/mol. The molecule has 0 bridgehead atoms. The largest absolute Gasteiger partial charge is 0.326 e. The number of thiazole rings is 1. The molecule has 1 aromatic carbocycles. The monoisotopic (exact) mass is 244 g/mol. The van der Waals surface area contributed by atoms with Crippen LogP contribution in [-0.4, -0.2) is 4.98 Å². The zero-order valence-corrected chi connectivity index (χ0v) is 10.5. The van der Waals surface area contributed by atoms with E-state index in [4.69, 9.17) is 10.7 Å². The van der Waals surface area contributed by atoms with Crippen LogP contribution >= 0.6 is 11.3 Å². The molecule has 1 aliphatic carbocycles. The van der Waals surface area contributed by atoms with E-state index >= 15 is 0 Å². The minimum absolute atomic E-state index is 0.592. The van der Waals surface area contributed by atoms with Crippen LogP contribution in [0.3, 0.4) is 0 Å². The first-order valence-electron chi connectivity index (χ1n) is 6.13. The van der Waals surface area contributed by atoms with E-state index in [1.165, 1.54) is 34.7 Å². The van der Waals surface area contributed by atoms with Crippen molar-refractivity contribution in [1.82, 2.24) is 4.98 Å². The van der Waals surface area contributed by atoms with Crippen molar-refractivity contribution in [3.8, 4) is 11.3 Å². The van der Waals surface area contributed by atoms with Gasteiger partial charge in [0.05, 0.1) is 10.7 Å². The van der Waals surface area contributed by atoms with E-state index in [0.29, 0.717) is 12.5 Å². The van der Waals surface area contributed by atoms with Gasteiger partial charge in [0.25, 0.3) is 0 Å². The quantitative estimate of drug-likeness (QED) is 0.897. The molecule has 2 nitrogen and oxygen atoms in total. The summed E-state index contributed by atoms with van der Waals surface area (Å²) < 4.78 is 0. The standard InChI is InChI=1S/C14H16N2S/c15-9-12-13(10-5-2-1-3-6-10)16-14(17-12)11-7-4-8-11/h1-3,5-6,11H,4,7-9,15H2. The molecule has 0 radical (unpaired) electrons. The van der Waals surface area contributed by atoms with Gasteiger partial charge in [-0.25, -0.2) is 4.98 Å². The minimum atomic E-state index is 0.592. The molecule has 88 valence electrons. The van der Waals surface area contributed by atoms with Crippen molar-refractivity contribution < 1.29 is 0 Å². The van der Waals surface area contributed by atoms with Gasteiger partial charge in [0.2, 0.25) is 0 Å². The van der Waals surface area contributed by atoms with Crippen LogP contribution in [0.4, 0.5) is 0 Å². The van der Waals surface area contributed by atoms with Crippen molar-refractivity contribution in [3.05, 3.63) is 40.2 Å². The van der Waals surface area contributed by atoms with Crippen molar-refractivity contribution in [2.24, 2.45) is 5.73 Å². The third-order valence-electron chi connectivity index (χ3n) is 3.40. The summed E-state index contributed by atoms with van der Waals surface area (Å²) in [7, 11) is 0. The van der Waals surface area contributed by atoms with Crippen LogP contribution in [0, 0.1) is 0 Å². The van der Waals surface area contributed by atoms with Crippen molar-refractivity contribution in [2.45, 2.75) is 31.7 Å². The molecule has 1 fully saturated rings. The number of nitrogens with zero attached hydrogens (tertiary/aromatic N) is 1. The van der Waals surface area contributed by atoms with E-state index in [0.717, 1.165) is 5.69 Å². The Balaban J connectivity index is 2.00. The second-order valence-corrected chi connectivity index (χ2v) is 5.64. The summed E-state index contributed by atoms with van der Waals surface area (Å²) in [5, 5.41) is 1.29. The highest BCUT2D eigenvalue weighted by Gasteiger charge is 2.24. The predicted octanol–water partition coefficient (Wildman–Crippen LogP) is 3.54. The Morgan fingerprint density at radius 2 is 2.00 bits per heavy atom. The maximum atomic E-state index is 5.83. The first-order chi connectivity index (χ1) is 8.38. The van der Waals surface area contributed by atoms with Crippen LogP contribution in [0.2, 0.25) is 0 Å². The molecule has 0 aliphatic heterocycles. The van der Waals surface area contributed by atoms with E-state index in [-0.39, 0.29) is 0 Å². The van der Waals surface area contributed by atoms with Crippen LogP contribution in [0.15, 0.2) is 30.3 Å². The Morgan fingerprint density at radius 1 is 1.24 bits per heavy atom. The Labute approximate surface area is 106 Å². The van der Waals surface area contributed by atoms with E-state index < -0.39 is 0 Å². The molecular formula is C14H16N2S. The number of aromatic nitrogens is 1. The lowest BCUT2D eigenvalue weighted by Crippen LogP contribution is -2.07. The highest BCUT2D eigenvalue weighted by molar-refractivity contribution is 7.12. The highest BCUT2D eigenvalue weighted by Crippen LogP contribution is 2.40. The second-order valence-electron chi connectivity index (χ2n) is 4.52. The van der Waals surface area contributed by atoms with Gasteiger partial charge in [-0.3, -0.25) is 0 Å². The number of rotatable bonds is 3. The van der Waals surface area contributed by atoms with Crippen molar-refractivity contribution in [2.75, 3.05) is 0 Å². The maximum absolute atomic E-state index is 5.83. The molecule has 2 N–H and O–H groups in total. The molecular weight excluding hydrogens is 228 g/mol. The van der Waals surface area contributed by atoms with Crippen LogP contribution in [0.25, 0.3) is 11.3 Å². The van der Waals surface area contributed by atoms with E-state index in [2.05, 4.69) is 24.3 Å². The molecule has 1 saturated carbocycles. The SMILES string of the molecule is NCc1sc(C2CCC2)nc1-c1ccccc1. The molecule has 17 heavy (non-hydrogen) atoms. The van der Waals surface area contributed by atoms with Crippen LogP contribution in [0.1, 0.15) is 35.1 Å². The van der Waals surface area contributed by atoms with Gasteiger partial charge in [-0.1, -0.05) is 36.8 Å². The summed E-state index contributed by atoms with van der Waals surface area (Å²) in [5.41, 5.74) is 8.12. The lowest BCUT2D eigenvalue weighted by atomic mass is 9.86. The zero-order valence-electron chi connectivity index (χ0n) is 9.73. The summed E-state index contributed by atoms with van der Waals surface area (Å²) >= 11 is 1.80. The molecule has 1 aromatic heterocycles. The highest BCUT2D eigenvalue weighted by atomic mass is 32.1. The molecule has 0 saturated heterocycles. The van der Waals surface area contributed by atoms with Gasteiger partial charge >= 0.3 is 0 Å². The maximum Gasteiger partial charge on any atom is 0.0966 e. The molecule has 1 heterocycles. The van der Waals surface area contributed by atoms with E-state index in [1.807, 2.05) is 6.07 Å². The molecule has 0 unspecified atom stereocenters. The van der Waals surface area contributed by atoms with Gasteiger partial charge < -0.3 is 5.73 Å². The van der Waals surface area contributed by atoms with Crippen molar-refractivity contribution in [3.63, 3.8) is 0 Å². The second kappa shape index (κ2) is 4.59. The number of nitrogens with two attached hydrogens (primary N) is 1. The smallest absolute Gasteiger partial charge is 0.0966 e. The third-order valence-corrected chi connectivity index (χ3v) is 4.64. The molecule has 0 spiro atoms. The zero-order chi connectivity index (χ0) is 11.7. The lowest BCUT2D eigenvalue weighted by molar-refractivity contribution is 0.418. The minimum Gasteiger partial charge on any atom is -0.326 e. The normalized spacial score (nSPS) is 15.8. The molecule has 0 atom stereocenters. The molecule has 1 aliphatic rings. The van der Waals surface area contributed by atoms with Crippen molar-refractivity contribution in [1.29, 1.82) is 0 Å². The van der Waals surface area contributed by atoms with Crippen LogP contribution in [-0.2, 0) is 6.54 Å². The summed E-state index contributed by atoms with van der Waals surface area (Å²) in [6, 6.07) is 10.4. The van der Waals surface area contributed by atoms with Crippen LogP contribution in [0.5, 0.6) is 0 Å². The average molecular weight is 244 g/mol. The Hall–Kier alpha value is -1.19. The summed E-state index contributed by atoms with van der Waals surface area (Å²) in [6.07, 6.45) is 3.94. The number of hydrogen-bond acceptors (Lipinski definition) is 3. The van der Waals surface area contributed by atoms with Gasteiger partial charge in [0, 0.05) is 22.9 Å². The Morgan fingerprint density at radius 3 is 2.59 bits per heavy atom. The van der Waals surface area contributed by atoms with E-state index in [1.54, 1.807) is 11.3 Å². The molecule has 3 rings (SSSR count). The topological polar surface area (TPSA) is 38.9 Å².